The Morgan fingerprint density at radius 1 is 1.22 bits per heavy atom. The highest BCUT2D eigenvalue weighted by Gasteiger charge is 2.55. The quantitative estimate of drug-likeness (QED) is 0.406. The highest BCUT2D eigenvalue weighted by atomic mass is 19.1. The second-order valence-electron chi connectivity index (χ2n) is 9.97. The van der Waals surface area contributed by atoms with Crippen LogP contribution in [0.5, 0.6) is 0 Å². The SMILES string of the molecule is CN(C)CCN1C(=O)C[C@@](CC(=O)N2CCC[C@H](C(=O)c3nccn3C)C2)(c2ccccc2F)C1=O. The molecule has 3 heterocycles. The van der Waals surface area contributed by atoms with Gasteiger partial charge < -0.3 is 14.4 Å². The third kappa shape index (κ3) is 4.82. The van der Waals surface area contributed by atoms with E-state index in [0.29, 0.717) is 31.8 Å². The lowest BCUT2D eigenvalue weighted by Gasteiger charge is -2.35. The maximum atomic E-state index is 15.0. The standard InChI is InChI=1S/C26H32FN5O4/c1-29(2)13-14-32-22(34)16-26(25(32)36,19-8-4-5-9-20(19)27)15-21(33)31-11-6-7-18(17-31)23(35)24-28-10-12-30(24)3/h4-5,8-10,12,18H,6-7,11,13-17H2,1-3H3/t18-,26-/m0/s1. The molecule has 2 aliphatic heterocycles. The molecule has 1 aromatic heterocycles. The molecule has 192 valence electrons. The first kappa shape index (κ1) is 25.7. The van der Waals surface area contributed by atoms with Crippen LogP contribution in [0, 0.1) is 11.7 Å². The zero-order valence-electron chi connectivity index (χ0n) is 20.9. The van der Waals surface area contributed by atoms with E-state index in [1.165, 1.54) is 18.2 Å². The van der Waals surface area contributed by atoms with Gasteiger partial charge in [-0.25, -0.2) is 9.37 Å². The molecule has 10 heteroatoms. The number of carbonyl (C=O) groups is 4. The summed E-state index contributed by atoms with van der Waals surface area (Å²) in [7, 11) is 5.41. The number of halogens is 1. The van der Waals surface area contributed by atoms with Gasteiger partial charge in [-0.2, -0.15) is 0 Å². The zero-order chi connectivity index (χ0) is 26.0. The predicted octanol–water partition coefficient (Wildman–Crippen LogP) is 1.63. The number of nitrogens with zero attached hydrogens (tertiary/aromatic N) is 5. The molecule has 0 aliphatic carbocycles. The van der Waals surface area contributed by atoms with Crippen LogP contribution in [-0.4, -0.2) is 88.0 Å². The fraction of sp³-hybridized carbons (Fsp3) is 0.500. The first-order valence-corrected chi connectivity index (χ1v) is 12.2. The molecule has 9 nitrogen and oxygen atoms in total. The Hall–Kier alpha value is -3.40. The molecule has 0 radical (unpaired) electrons. The van der Waals surface area contributed by atoms with Crippen molar-refractivity contribution in [3.63, 3.8) is 0 Å². The van der Waals surface area contributed by atoms with E-state index in [-0.39, 0.29) is 43.2 Å². The van der Waals surface area contributed by atoms with Crippen molar-refractivity contribution in [2.75, 3.05) is 40.3 Å². The molecular formula is C26H32FN5O4. The first-order valence-electron chi connectivity index (χ1n) is 12.2. The van der Waals surface area contributed by atoms with Gasteiger partial charge in [-0.05, 0) is 33.0 Å². The monoisotopic (exact) mass is 497 g/mol. The third-order valence-corrected chi connectivity index (χ3v) is 7.21. The first-order chi connectivity index (χ1) is 17.1. The largest absolute Gasteiger partial charge is 0.342 e. The van der Waals surface area contributed by atoms with Gasteiger partial charge >= 0.3 is 0 Å². The number of carbonyl (C=O) groups excluding carboxylic acids is 4. The lowest BCUT2D eigenvalue weighted by atomic mass is 9.75. The van der Waals surface area contributed by atoms with E-state index in [0.717, 1.165) is 4.90 Å². The summed E-state index contributed by atoms with van der Waals surface area (Å²) in [5.74, 6) is -2.17. The molecule has 2 atom stereocenters. The molecule has 1 aromatic carbocycles. The fourth-order valence-electron chi connectivity index (χ4n) is 5.19. The van der Waals surface area contributed by atoms with Crippen molar-refractivity contribution in [3.05, 3.63) is 53.9 Å². The van der Waals surface area contributed by atoms with E-state index < -0.39 is 29.0 Å². The number of amides is 3. The minimum Gasteiger partial charge on any atom is -0.342 e. The smallest absolute Gasteiger partial charge is 0.241 e. The predicted molar refractivity (Wildman–Crippen MR) is 129 cm³/mol. The van der Waals surface area contributed by atoms with Gasteiger partial charge in [-0.3, -0.25) is 24.1 Å². The van der Waals surface area contributed by atoms with Crippen molar-refractivity contribution in [2.24, 2.45) is 13.0 Å². The number of benzene rings is 1. The van der Waals surface area contributed by atoms with Crippen LogP contribution in [0.3, 0.4) is 0 Å². The zero-order valence-corrected chi connectivity index (χ0v) is 20.9. The minimum atomic E-state index is -1.61. The summed E-state index contributed by atoms with van der Waals surface area (Å²) in [5.41, 5.74) is -1.55. The second-order valence-corrected chi connectivity index (χ2v) is 9.97. The maximum Gasteiger partial charge on any atom is 0.241 e. The number of ketones is 1. The molecule has 0 spiro atoms. The van der Waals surface area contributed by atoms with Crippen LogP contribution in [0.4, 0.5) is 4.39 Å². The van der Waals surface area contributed by atoms with Gasteiger partial charge in [-0.1, -0.05) is 18.2 Å². The number of aromatic nitrogens is 2. The molecular weight excluding hydrogens is 465 g/mol. The number of imidazole rings is 1. The number of aryl methyl sites for hydroxylation is 1. The molecule has 0 bridgehead atoms. The number of imide groups is 1. The summed E-state index contributed by atoms with van der Waals surface area (Å²) < 4.78 is 16.7. The topological polar surface area (TPSA) is 95.8 Å². The van der Waals surface area contributed by atoms with E-state index in [9.17, 15) is 19.2 Å². The molecule has 3 amide bonds. The lowest BCUT2D eigenvalue weighted by molar-refractivity contribution is -0.143. The average molecular weight is 498 g/mol. The van der Waals surface area contributed by atoms with Crippen LogP contribution in [0.25, 0.3) is 0 Å². The van der Waals surface area contributed by atoms with Crippen LogP contribution >= 0.6 is 0 Å². The van der Waals surface area contributed by atoms with Gasteiger partial charge in [0, 0.05) is 69.9 Å². The minimum absolute atomic E-state index is 0.0571. The molecule has 36 heavy (non-hydrogen) atoms. The average Bonchev–Trinajstić information content (AvgIpc) is 3.38. The van der Waals surface area contributed by atoms with E-state index in [1.807, 2.05) is 19.0 Å². The van der Waals surface area contributed by atoms with Crippen molar-refractivity contribution in [3.8, 4) is 0 Å². The molecule has 2 saturated heterocycles. The Labute approximate surface area is 209 Å². The van der Waals surface area contributed by atoms with E-state index >= 15 is 4.39 Å². The maximum absolute atomic E-state index is 15.0. The molecule has 0 unspecified atom stereocenters. The Morgan fingerprint density at radius 2 is 1.97 bits per heavy atom. The molecule has 2 aliphatic rings. The summed E-state index contributed by atoms with van der Waals surface area (Å²) in [5, 5.41) is 0. The van der Waals surface area contributed by atoms with Crippen LogP contribution < -0.4 is 0 Å². The van der Waals surface area contributed by atoms with Crippen LogP contribution in [0.15, 0.2) is 36.7 Å². The Balaban J connectivity index is 1.59. The number of piperidine rings is 1. The van der Waals surface area contributed by atoms with Gasteiger partial charge in [0.15, 0.2) is 5.82 Å². The Morgan fingerprint density at radius 3 is 2.64 bits per heavy atom. The summed E-state index contributed by atoms with van der Waals surface area (Å²) in [6.45, 7) is 1.26. The Bertz CT molecular complexity index is 1180. The van der Waals surface area contributed by atoms with Gasteiger partial charge in [0.25, 0.3) is 0 Å². The molecule has 2 fully saturated rings. The molecule has 2 aromatic rings. The van der Waals surface area contributed by atoms with Gasteiger partial charge in [-0.15, -0.1) is 0 Å². The van der Waals surface area contributed by atoms with Crippen molar-refractivity contribution in [1.82, 2.24) is 24.3 Å². The molecule has 0 N–H and O–H groups in total. The molecule has 4 rings (SSSR count). The van der Waals surface area contributed by atoms with Crippen molar-refractivity contribution in [1.29, 1.82) is 0 Å². The number of hydrogen-bond acceptors (Lipinski definition) is 6. The summed E-state index contributed by atoms with van der Waals surface area (Å²) >= 11 is 0. The number of hydrogen-bond donors (Lipinski definition) is 0. The Kier molecular flexibility index (Phi) is 7.35. The van der Waals surface area contributed by atoms with Crippen LogP contribution in [-0.2, 0) is 26.8 Å². The number of likely N-dealkylation sites (N-methyl/N-ethyl adjacent to an activating group) is 1. The summed E-state index contributed by atoms with van der Waals surface area (Å²) in [6, 6.07) is 5.84. The van der Waals surface area contributed by atoms with E-state index in [4.69, 9.17) is 0 Å². The van der Waals surface area contributed by atoms with Gasteiger partial charge in [0.1, 0.15) is 5.82 Å². The second kappa shape index (κ2) is 10.3. The highest BCUT2D eigenvalue weighted by molar-refractivity contribution is 6.10. The third-order valence-electron chi connectivity index (χ3n) is 7.21. The number of Topliss-reactive ketones (excluding diaryl/α,β-unsaturated/α-hetero) is 1. The number of likely N-dealkylation sites (tertiary alicyclic amines) is 2. The van der Waals surface area contributed by atoms with Gasteiger partial charge in [0.2, 0.25) is 23.5 Å². The summed E-state index contributed by atoms with van der Waals surface area (Å²) in [4.78, 5) is 61.9. The van der Waals surface area contributed by atoms with Crippen molar-refractivity contribution >= 4 is 23.5 Å². The molecule has 0 saturated carbocycles. The van der Waals surface area contributed by atoms with Crippen LogP contribution in [0.2, 0.25) is 0 Å². The van der Waals surface area contributed by atoms with Crippen molar-refractivity contribution in [2.45, 2.75) is 31.1 Å². The number of rotatable bonds is 8. The van der Waals surface area contributed by atoms with Gasteiger partial charge in [0.05, 0.1) is 5.41 Å². The summed E-state index contributed by atoms with van der Waals surface area (Å²) in [6.07, 6.45) is 3.91. The van der Waals surface area contributed by atoms with E-state index in [1.54, 1.807) is 35.0 Å². The normalized spacial score (nSPS) is 22.5. The lowest BCUT2D eigenvalue weighted by Crippen LogP contribution is -2.48. The highest BCUT2D eigenvalue weighted by Crippen LogP contribution is 2.41. The van der Waals surface area contributed by atoms with Crippen molar-refractivity contribution < 1.29 is 23.6 Å². The fourth-order valence-corrected chi connectivity index (χ4v) is 5.19. The van der Waals surface area contributed by atoms with Crippen LogP contribution in [0.1, 0.15) is 41.9 Å². The van der Waals surface area contributed by atoms with E-state index in [2.05, 4.69) is 4.98 Å².